The maximum Gasteiger partial charge on any atom is 0.338 e. The first-order chi connectivity index (χ1) is 6.49. The van der Waals surface area contributed by atoms with E-state index in [4.69, 9.17) is 5.11 Å². The Labute approximate surface area is 84.1 Å². The number of halogens is 3. The van der Waals surface area contributed by atoms with E-state index in [1.165, 1.54) is 0 Å². The first kappa shape index (κ1) is 13.3. The lowest BCUT2D eigenvalue weighted by Crippen LogP contribution is -2.06. The third kappa shape index (κ3) is 2.20. The third-order valence-corrected chi connectivity index (χ3v) is 1.55. The molecule has 3 nitrogen and oxygen atoms in total. The first-order valence-corrected chi connectivity index (χ1v) is 3.43. The van der Waals surface area contributed by atoms with Gasteiger partial charge in [0.2, 0.25) is 5.82 Å². The molecule has 0 atom stereocenters. The van der Waals surface area contributed by atoms with Crippen molar-refractivity contribution in [1.29, 1.82) is 0 Å². The third-order valence-electron chi connectivity index (χ3n) is 1.55. The zero-order valence-electron chi connectivity index (χ0n) is 6.97. The average molecular weight is 222 g/mol. The Balaban J connectivity index is 0.00000196. The summed E-state index contributed by atoms with van der Waals surface area (Å²) < 4.78 is 42.7. The van der Waals surface area contributed by atoms with Crippen LogP contribution in [0, 0.1) is 17.5 Å². The Hall–Kier alpha value is -1.72. The minimum absolute atomic E-state index is 0. The first-order valence-electron chi connectivity index (χ1n) is 3.43. The molecule has 0 aliphatic heterocycles. The van der Waals surface area contributed by atoms with E-state index in [2.05, 4.69) is 4.74 Å². The van der Waals surface area contributed by atoms with Crippen molar-refractivity contribution in [2.24, 2.45) is 0 Å². The summed E-state index contributed by atoms with van der Waals surface area (Å²) in [5.41, 5.74) is -0.972. The van der Waals surface area contributed by atoms with Crippen LogP contribution in [-0.2, 0) is 0 Å². The summed E-state index contributed by atoms with van der Waals surface area (Å²) in [4.78, 5) is 10.4. The molecule has 0 saturated carbocycles. The number of rotatable bonds is 2. The number of carboxylic acids is 1. The van der Waals surface area contributed by atoms with Crippen LogP contribution in [0.1, 0.15) is 17.8 Å². The largest absolute Gasteiger partial charge is 0.491 e. The molecule has 6 heteroatoms. The van der Waals surface area contributed by atoms with Crippen molar-refractivity contribution in [3.63, 3.8) is 0 Å². The predicted molar refractivity (Wildman–Crippen MR) is 46.6 cm³/mol. The molecular weight excluding hydrogens is 213 g/mol. The Bertz CT molecular complexity index is 391. The second kappa shape index (κ2) is 4.68. The van der Waals surface area contributed by atoms with Crippen LogP contribution in [-0.4, -0.2) is 18.2 Å². The average Bonchev–Trinajstić information content (AvgIpc) is 2.12. The zero-order valence-corrected chi connectivity index (χ0v) is 6.97. The van der Waals surface area contributed by atoms with Gasteiger partial charge in [-0.05, 0) is 6.07 Å². The van der Waals surface area contributed by atoms with Gasteiger partial charge in [-0.15, -0.1) is 0 Å². The van der Waals surface area contributed by atoms with Crippen molar-refractivity contribution in [1.82, 2.24) is 0 Å². The van der Waals surface area contributed by atoms with Gasteiger partial charge in [0, 0.05) is 0 Å². The number of carboxylic acid groups (broad SMARTS) is 1. The molecule has 0 bridgehead atoms. The molecule has 1 aromatic carbocycles. The van der Waals surface area contributed by atoms with Crippen molar-refractivity contribution in [3.05, 3.63) is 29.1 Å². The molecule has 15 heavy (non-hydrogen) atoms. The molecule has 1 rings (SSSR count). The molecular formula is C9H9F3O3. The number of hydrogen-bond acceptors (Lipinski definition) is 2. The topological polar surface area (TPSA) is 46.5 Å². The molecule has 0 spiro atoms. The maximum atomic E-state index is 13.1. The summed E-state index contributed by atoms with van der Waals surface area (Å²) in [5.74, 6) is -7.18. The molecule has 0 saturated heterocycles. The fourth-order valence-electron chi connectivity index (χ4n) is 0.915. The van der Waals surface area contributed by atoms with Crippen molar-refractivity contribution in [3.8, 4) is 5.75 Å². The standard InChI is InChI=1S/C8H5F3O3.CH4/c1-14-7-5(10)3(8(12)13)2-4(9)6(7)11;/h2H,1H3,(H,12,13);1H4. The van der Waals surface area contributed by atoms with Crippen LogP contribution >= 0.6 is 0 Å². The van der Waals surface area contributed by atoms with E-state index < -0.39 is 34.7 Å². The summed E-state index contributed by atoms with van der Waals surface area (Å²) in [6.45, 7) is 0. The fraction of sp³-hybridized carbons (Fsp3) is 0.222. The molecule has 0 unspecified atom stereocenters. The summed E-state index contributed by atoms with van der Waals surface area (Å²) in [6, 6.07) is 0.259. The van der Waals surface area contributed by atoms with Gasteiger partial charge in [-0.25, -0.2) is 13.6 Å². The van der Waals surface area contributed by atoms with Crippen molar-refractivity contribution in [2.45, 2.75) is 7.43 Å². The minimum atomic E-state index is -1.69. The fourth-order valence-corrected chi connectivity index (χ4v) is 0.915. The Morgan fingerprint density at radius 2 is 1.87 bits per heavy atom. The number of methoxy groups -OCH3 is 1. The van der Waals surface area contributed by atoms with Crippen LogP contribution in [0.15, 0.2) is 6.07 Å². The van der Waals surface area contributed by atoms with E-state index >= 15 is 0 Å². The summed E-state index contributed by atoms with van der Waals surface area (Å²) in [7, 11) is 0.909. The van der Waals surface area contributed by atoms with Crippen molar-refractivity contribution < 1.29 is 27.8 Å². The van der Waals surface area contributed by atoms with Gasteiger partial charge in [-0.3, -0.25) is 0 Å². The Morgan fingerprint density at radius 1 is 1.33 bits per heavy atom. The molecule has 84 valence electrons. The number of aromatic carboxylic acids is 1. The van der Waals surface area contributed by atoms with Gasteiger partial charge in [0.25, 0.3) is 0 Å². The van der Waals surface area contributed by atoms with Crippen LogP contribution in [0.5, 0.6) is 5.75 Å². The molecule has 1 aromatic rings. The molecule has 0 amide bonds. The highest BCUT2D eigenvalue weighted by Gasteiger charge is 2.22. The van der Waals surface area contributed by atoms with E-state index in [9.17, 15) is 18.0 Å². The number of ether oxygens (including phenoxy) is 1. The highest BCUT2D eigenvalue weighted by molar-refractivity contribution is 5.88. The second-order valence-corrected chi connectivity index (χ2v) is 2.37. The van der Waals surface area contributed by atoms with Gasteiger partial charge >= 0.3 is 5.97 Å². The minimum Gasteiger partial charge on any atom is -0.491 e. The van der Waals surface area contributed by atoms with Crippen LogP contribution in [0.4, 0.5) is 13.2 Å². The normalized spacial score (nSPS) is 9.33. The van der Waals surface area contributed by atoms with E-state index in [0.29, 0.717) is 0 Å². The number of benzene rings is 1. The second-order valence-electron chi connectivity index (χ2n) is 2.37. The molecule has 0 heterocycles. The van der Waals surface area contributed by atoms with Gasteiger partial charge < -0.3 is 9.84 Å². The van der Waals surface area contributed by atoms with E-state index in [-0.39, 0.29) is 13.5 Å². The van der Waals surface area contributed by atoms with E-state index in [1.54, 1.807) is 0 Å². The van der Waals surface area contributed by atoms with Gasteiger partial charge in [0.05, 0.1) is 7.11 Å². The summed E-state index contributed by atoms with van der Waals surface area (Å²) in [6.07, 6.45) is 0. The molecule has 0 fully saturated rings. The lowest BCUT2D eigenvalue weighted by Gasteiger charge is -2.06. The number of hydrogen-bond donors (Lipinski definition) is 1. The van der Waals surface area contributed by atoms with Crippen LogP contribution < -0.4 is 4.74 Å². The molecule has 0 radical (unpaired) electrons. The van der Waals surface area contributed by atoms with E-state index in [0.717, 1.165) is 7.11 Å². The molecule has 0 aromatic heterocycles. The van der Waals surface area contributed by atoms with Gasteiger partial charge in [0.15, 0.2) is 17.4 Å². The molecule has 0 aliphatic rings. The van der Waals surface area contributed by atoms with Gasteiger partial charge in [-0.2, -0.15) is 4.39 Å². The lowest BCUT2D eigenvalue weighted by molar-refractivity contribution is 0.0690. The maximum absolute atomic E-state index is 13.1. The smallest absolute Gasteiger partial charge is 0.338 e. The Kier molecular flexibility index (Phi) is 4.14. The highest BCUT2D eigenvalue weighted by Crippen LogP contribution is 2.26. The predicted octanol–water partition coefficient (Wildman–Crippen LogP) is 2.45. The number of carbonyl (C=O) groups is 1. The highest BCUT2D eigenvalue weighted by atomic mass is 19.2. The monoisotopic (exact) mass is 222 g/mol. The van der Waals surface area contributed by atoms with Crippen LogP contribution in [0.25, 0.3) is 0 Å². The Morgan fingerprint density at radius 3 is 2.27 bits per heavy atom. The lowest BCUT2D eigenvalue weighted by atomic mass is 10.2. The molecule has 1 N–H and O–H groups in total. The zero-order chi connectivity index (χ0) is 10.9. The summed E-state index contributed by atoms with van der Waals surface area (Å²) >= 11 is 0. The SMILES string of the molecule is C.COc1c(F)c(F)cc(C(=O)O)c1F. The van der Waals surface area contributed by atoms with Crippen LogP contribution in [0.3, 0.4) is 0 Å². The summed E-state index contributed by atoms with van der Waals surface area (Å²) in [5, 5.41) is 8.42. The quantitative estimate of drug-likeness (QED) is 0.782. The van der Waals surface area contributed by atoms with Gasteiger partial charge in [0.1, 0.15) is 5.56 Å². The van der Waals surface area contributed by atoms with Crippen LogP contribution in [0.2, 0.25) is 0 Å². The molecule has 0 aliphatic carbocycles. The van der Waals surface area contributed by atoms with E-state index in [1.807, 2.05) is 0 Å². The van der Waals surface area contributed by atoms with Crippen molar-refractivity contribution in [2.75, 3.05) is 7.11 Å². The van der Waals surface area contributed by atoms with Gasteiger partial charge in [-0.1, -0.05) is 7.43 Å². The van der Waals surface area contributed by atoms with Crippen molar-refractivity contribution >= 4 is 5.97 Å².